The Kier molecular flexibility index (Phi) is 3.35. The number of ether oxygens (including phenoxy) is 1. The van der Waals surface area contributed by atoms with E-state index in [4.69, 9.17) is 9.88 Å². The number of aromatic nitrogens is 2. The van der Waals surface area contributed by atoms with Gasteiger partial charge in [-0.1, -0.05) is 0 Å². The van der Waals surface area contributed by atoms with Gasteiger partial charge in [-0.2, -0.15) is 5.10 Å². The molecule has 0 radical (unpaired) electrons. The van der Waals surface area contributed by atoms with E-state index >= 15 is 0 Å². The number of hydrogen-bond donors (Lipinski definition) is 1. The molecule has 0 bridgehead atoms. The summed E-state index contributed by atoms with van der Waals surface area (Å²) in [7, 11) is -1.83. The molecule has 0 spiro atoms. The van der Waals surface area contributed by atoms with E-state index < -0.39 is 10.0 Å². The monoisotopic (exact) mass is 267 g/mol. The number of hydrogen-bond acceptors (Lipinski definition) is 4. The molecule has 0 saturated heterocycles. The number of primary sulfonamides is 1. The van der Waals surface area contributed by atoms with Gasteiger partial charge >= 0.3 is 0 Å². The Morgan fingerprint density at radius 2 is 2.00 bits per heavy atom. The molecule has 6 nitrogen and oxygen atoms in total. The highest BCUT2D eigenvalue weighted by Gasteiger charge is 2.07. The fraction of sp³-hybridized carbons (Fsp3) is 0.182. The molecule has 1 aromatic heterocycles. The normalized spacial score (nSPS) is 11.4. The molecule has 0 saturated carbocycles. The Morgan fingerprint density at radius 1 is 1.33 bits per heavy atom. The minimum atomic E-state index is -3.65. The minimum Gasteiger partial charge on any atom is -0.489 e. The highest BCUT2D eigenvalue weighted by Crippen LogP contribution is 2.16. The first kappa shape index (κ1) is 12.6. The lowest BCUT2D eigenvalue weighted by Crippen LogP contribution is -2.11. The number of aryl methyl sites for hydroxylation is 1. The first-order valence-corrected chi connectivity index (χ1v) is 6.73. The van der Waals surface area contributed by atoms with Gasteiger partial charge in [0.05, 0.1) is 11.1 Å². The second-order valence-corrected chi connectivity index (χ2v) is 5.39. The summed E-state index contributed by atoms with van der Waals surface area (Å²) in [6.45, 7) is 0.378. The van der Waals surface area contributed by atoms with E-state index in [1.54, 1.807) is 23.0 Å². The number of nitrogens with two attached hydrogens (primary N) is 1. The van der Waals surface area contributed by atoms with Gasteiger partial charge in [-0.05, 0) is 24.3 Å². The van der Waals surface area contributed by atoms with Crippen LogP contribution in [0, 0.1) is 0 Å². The molecule has 2 N–H and O–H groups in total. The van der Waals surface area contributed by atoms with Gasteiger partial charge in [-0.3, -0.25) is 4.68 Å². The van der Waals surface area contributed by atoms with Crippen molar-refractivity contribution in [3.8, 4) is 5.75 Å². The Morgan fingerprint density at radius 3 is 2.50 bits per heavy atom. The van der Waals surface area contributed by atoms with Gasteiger partial charge in [-0.25, -0.2) is 13.6 Å². The quantitative estimate of drug-likeness (QED) is 0.881. The predicted octanol–water partition coefficient (Wildman–Crippen LogP) is 0.646. The van der Waals surface area contributed by atoms with Crippen LogP contribution in [0.5, 0.6) is 5.75 Å². The van der Waals surface area contributed by atoms with Crippen molar-refractivity contribution >= 4 is 10.0 Å². The second kappa shape index (κ2) is 4.79. The molecule has 0 amide bonds. The smallest absolute Gasteiger partial charge is 0.238 e. The first-order chi connectivity index (χ1) is 8.45. The van der Waals surface area contributed by atoms with Crippen molar-refractivity contribution in [2.24, 2.45) is 12.2 Å². The van der Waals surface area contributed by atoms with Crippen molar-refractivity contribution in [1.82, 2.24) is 9.78 Å². The van der Waals surface area contributed by atoms with Gasteiger partial charge in [0.15, 0.2) is 0 Å². The lowest BCUT2D eigenvalue weighted by Gasteiger charge is -2.05. The molecule has 1 heterocycles. The largest absolute Gasteiger partial charge is 0.489 e. The zero-order valence-electron chi connectivity index (χ0n) is 9.78. The summed E-state index contributed by atoms with van der Waals surface area (Å²) in [5.74, 6) is 0.575. The lowest BCUT2D eigenvalue weighted by atomic mass is 10.3. The van der Waals surface area contributed by atoms with Crippen molar-refractivity contribution in [3.63, 3.8) is 0 Å². The van der Waals surface area contributed by atoms with Gasteiger partial charge in [0.2, 0.25) is 10.0 Å². The molecule has 2 rings (SSSR count). The minimum absolute atomic E-state index is 0.0660. The summed E-state index contributed by atoms with van der Waals surface area (Å²) in [4.78, 5) is 0.0660. The van der Waals surface area contributed by atoms with Crippen molar-refractivity contribution < 1.29 is 13.2 Å². The molecule has 0 aliphatic rings. The Balaban J connectivity index is 2.03. The van der Waals surface area contributed by atoms with Crippen molar-refractivity contribution in [2.45, 2.75) is 11.5 Å². The maximum Gasteiger partial charge on any atom is 0.238 e. The zero-order valence-corrected chi connectivity index (χ0v) is 10.6. The maximum absolute atomic E-state index is 11.1. The van der Waals surface area contributed by atoms with Crippen molar-refractivity contribution in [1.29, 1.82) is 0 Å². The van der Waals surface area contributed by atoms with Crippen LogP contribution < -0.4 is 9.88 Å². The third-order valence-electron chi connectivity index (χ3n) is 2.32. The first-order valence-electron chi connectivity index (χ1n) is 5.18. The van der Waals surface area contributed by atoms with Crippen LogP contribution >= 0.6 is 0 Å². The van der Waals surface area contributed by atoms with Crippen LogP contribution in [-0.4, -0.2) is 18.2 Å². The van der Waals surface area contributed by atoms with Crippen LogP contribution in [0.25, 0.3) is 0 Å². The molecule has 1 aromatic carbocycles. The van der Waals surface area contributed by atoms with Crippen LogP contribution in [0.4, 0.5) is 0 Å². The fourth-order valence-corrected chi connectivity index (χ4v) is 1.95. The Labute approximate surface area is 105 Å². The number of rotatable bonds is 4. The molecule has 0 unspecified atom stereocenters. The third kappa shape index (κ3) is 3.08. The van der Waals surface area contributed by atoms with Gasteiger partial charge in [0.1, 0.15) is 12.4 Å². The van der Waals surface area contributed by atoms with Gasteiger partial charge in [-0.15, -0.1) is 0 Å². The van der Waals surface area contributed by atoms with Gasteiger partial charge < -0.3 is 4.74 Å². The standard InChI is InChI=1S/C11H13N3O3S/c1-14-7-9(6-13-14)8-17-10-2-4-11(5-3-10)18(12,15)16/h2-7H,8H2,1H3,(H2,12,15,16). The predicted molar refractivity (Wildman–Crippen MR) is 65.4 cm³/mol. The van der Waals surface area contributed by atoms with Crippen LogP contribution in [0.3, 0.4) is 0 Å². The number of nitrogens with zero attached hydrogens (tertiary/aromatic N) is 2. The Bertz CT molecular complexity index is 632. The molecule has 0 atom stereocenters. The molecule has 0 aliphatic carbocycles. The van der Waals surface area contributed by atoms with Crippen molar-refractivity contribution in [3.05, 3.63) is 42.2 Å². The molecule has 7 heteroatoms. The average Bonchev–Trinajstić information content (AvgIpc) is 2.72. The topological polar surface area (TPSA) is 87.2 Å². The van der Waals surface area contributed by atoms with Crippen LogP contribution in [-0.2, 0) is 23.7 Å². The second-order valence-electron chi connectivity index (χ2n) is 3.83. The Hall–Kier alpha value is -1.86. The van der Waals surface area contributed by atoms with Gasteiger partial charge in [0, 0.05) is 18.8 Å². The molecular weight excluding hydrogens is 254 g/mol. The summed E-state index contributed by atoms with van der Waals surface area (Å²) in [6, 6.07) is 5.95. The van der Waals surface area contributed by atoms with Gasteiger partial charge in [0.25, 0.3) is 0 Å². The van der Waals surface area contributed by atoms with E-state index in [9.17, 15) is 8.42 Å². The third-order valence-corrected chi connectivity index (χ3v) is 3.25. The van der Waals surface area contributed by atoms with Crippen LogP contribution in [0.1, 0.15) is 5.56 Å². The molecule has 96 valence electrons. The van der Waals surface area contributed by atoms with E-state index in [1.807, 2.05) is 13.2 Å². The summed E-state index contributed by atoms with van der Waals surface area (Å²) >= 11 is 0. The molecule has 0 fully saturated rings. The van der Waals surface area contributed by atoms with E-state index in [0.29, 0.717) is 12.4 Å². The molecule has 18 heavy (non-hydrogen) atoms. The van der Waals surface area contributed by atoms with Crippen LogP contribution in [0.2, 0.25) is 0 Å². The number of benzene rings is 1. The SMILES string of the molecule is Cn1cc(COc2ccc(S(N)(=O)=O)cc2)cn1. The van der Waals surface area contributed by atoms with E-state index in [1.165, 1.54) is 12.1 Å². The summed E-state index contributed by atoms with van der Waals surface area (Å²) in [5.41, 5.74) is 0.938. The molecule has 0 aliphatic heterocycles. The molecule has 2 aromatic rings. The average molecular weight is 267 g/mol. The highest BCUT2D eigenvalue weighted by atomic mass is 32.2. The summed E-state index contributed by atoms with van der Waals surface area (Å²) in [5, 5.41) is 9.01. The number of sulfonamides is 1. The zero-order chi connectivity index (χ0) is 13.2. The van der Waals surface area contributed by atoms with E-state index in [-0.39, 0.29) is 4.90 Å². The summed E-state index contributed by atoms with van der Waals surface area (Å²) < 4.78 is 29.3. The lowest BCUT2D eigenvalue weighted by molar-refractivity contribution is 0.306. The summed E-state index contributed by atoms with van der Waals surface area (Å²) in [6.07, 6.45) is 3.55. The highest BCUT2D eigenvalue weighted by molar-refractivity contribution is 7.89. The van der Waals surface area contributed by atoms with E-state index in [2.05, 4.69) is 5.10 Å². The molecular formula is C11H13N3O3S. The van der Waals surface area contributed by atoms with Crippen LogP contribution in [0.15, 0.2) is 41.6 Å². The fourth-order valence-electron chi connectivity index (χ4n) is 1.44. The maximum atomic E-state index is 11.1. The van der Waals surface area contributed by atoms with E-state index in [0.717, 1.165) is 5.56 Å². The van der Waals surface area contributed by atoms with Crippen molar-refractivity contribution in [2.75, 3.05) is 0 Å².